The van der Waals surface area contributed by atoms with E-state index >= 15 is 0 Å². The van der Waals surface area contributed by atoms with Crippen LogP contribution in [0.2, 0.25) is 0 Å². The van der Waals surface area contributed by atoms with E-state index in [4.69, 9.17) is 10.5 Å². The number of nitro groups is 1. The lowest BCUT2D eigenvalue weighted by molar-refractivity contribution is -0.385. The Morgan fingerprint density at radius 2 is 2.35 bits per heavy atom. The first-order valence-corrected chi connectivity index (χ1v) is 6.19. The van der Waals surface area contributed by atoms with Gasteiger partial charge in [-0.15, -0.1) is 0 Å². The first-order chi connectivity index (χ1) is 9.49. The molecule has 0 saturated carbocycles. The number of pyridine rings is 1. The fourth-order valence-corrected chi connectivity index (χ4v) is 1.76. The molecule has 0 aliphatic carbocycles. The molecule has 0 saturated heterocycles. The molecule has 1 aromatic rings. The van der Waals surface area contributed by atoms with Gasteiger partial charge >= 0.3 is 0 Å². The maximum Gasteiger partial charge on any atom is 0.288 e. The van der Waals surface area contributed by atoms with Crippen LogP contribution in [-0.2, 0) is 4.74 Å². The third-order valence-electron chi connectivity index (χ3n) is 2.70. The quantitative estimate of drug-likeness (QED) is 0.571. The molecular formula is C12H18N4O4. The van der Waals surface area contributed by atoms with Gasteiger partial charge in [-0.2, -0.15) is 0 Å². The molecule has 1 rings (SSSR count). The Labute approximate surface area is 116 Å². The summed E-state index contributed by atoms with van der Waals surface area (Å²) >= 11 is 0. The zero-order valence-corrected chi connectivity index (χ0v) is 11.5. The van der Waals surface area contributed by atoms with Crippen molar-refractivity contribution in [2.24, 2.45) is 0 Å². The summed E-state index contributed by atoms with van der Waals surface area (Å²) in [5, 5.41) is 13.4. The fourth-order valence-electron chi connectivity index (χ4n) is 1.76. The summed E-state index contributed by atoms with van der Waals surface area (Å²) in [6, 6.07) is 0.948. The second kappa shape index (κ2) is 7.39. The largest absolute Gasteiger partial charge is 0.383 e. The van der Waals surface area contributed by atoms with Crippen LogP contribution in [0.5, 0.6) is 0 Å². The number of rotatable bonds is 7. The van der Waals surface area contributed by atoms with Gasteiger partial charge in [-0.25, -0.2) is 4.98 Å². The van der Waals surface area contributed by atoms with Gasteiger partial charge in [-0.3, -0.25) is 14.9 Å². The van der Waals surface area contributed by atoms with Crippen molar-refractivity contribution >= 4 is 17.4 Å². The Bertz CT molecular complexity index is 486. The molecule has 1 atom stereocenters. The highest BCUT2D eigenvalue weighted by Crippen LogP contribution is 2.17. The minimum atomic E-state index is -0.623. The summed E-state index contributed by atoms with van der Waals surface area (Å²) in [6.07, 6.45) is 2.63. The molecule has 0 aromatic carbocycles. The van der Waals surface area contributed by atoms with Crippen LogP contribution in [0.25, 0.3) is 0 Å². The number of nitrogens with two attached hydrogens (primary N) is 1. The van der Waals surface area contributed by atoms with Crippen LogP contribution in [0, 0.1) is 10.1 Å². The molecule has 3 N–H and O–H groups in total. The summed E-state index contributed by atoms with van der Waals surface area (Å²) in [6.45, 7) is 2.35. The Morgan fingerprint density at radius 3 is 2.90 bits per heavy atom. The average molecular weight is 282 g/mol. The molecule has 0 aliphatic rings. The van der Waals surface area contributed by atoms with Crippen LogP contribution in [0.3, 0.4) is 0 Å². The molecule has 0 aliphatic heterocycles. The van der Waals surface area contributed by atoms with Crippen LogP contribution < -0.4 is 11.1 Å². The standard InChI is InChI=1S/C12H18N4O4/c1-3-4-8(7-20-2)15-12(17)10-5-9(16(18)19)6-14-11(10)13/h5-6,8H,3-4,7H2,1-2H3,(H2,13,14)(H,15,17). The molecule has 1 aromatic heterocycles. The number of carbonyl (C=O) groups excluding carboxylic acids is 1. The van der Waals surface area contributed by atoms with Crippen LogP contribution in [-0.4, -0.2) is 35.6 Å². The normalized spacial score (nSPS) is 11.9. The predicted molar refractivity (Wildman–Crippen MR) is 73.3 cm³/mol. The van der Waals surface area contributed by atoms with E-state index in [0.29, 0.717) is 6.61 Å². The van der Waals surface area contributed by atoms with Crippen molar-refractivity contribution in [1.82, 2.24) is 10.3 Å². The first kappa shape index (κ1) is 15.8. The number of methoxy groups -OCH3 is 1. The summed E-state index contributed by atoms with van der Waals surface area (Å²) in [5.41, 5.74) is 5.31. The molecule has 0 bridgehead atoms. The molecule has 0 fully saturated rings. The van der Waals surface area contributed by atoms with E-state index in [2.05, 4.69) is 10.3 Å². The van der Waals surface area contributed by atoms with Gasteiger partial charge in [0, 0.05) is 13.2 Å². The van der Waals surface area contributed by atoms with Gasteiger partial charge in [0.25, 0.3) is 11.6 Å². The number of ether oxygens (including phenoxy) is 1. The van der Waals surface area contributed by atoms with E-state index in [1.807, 2.05) is 6.92 Å². The number of nitrogens with zero attached hydrogens (tertiary/aromatic N) is 2. The number of anilines is 1. The van der Waals surface area contributed by atoms with Crippen LogP contribution in [0.4, 0.5) is 11.5 Å². The summed E-state index contributed by atoms with van der Waals surface area (Å²) < 4.78 is 5.02. The maximum absolute atomic E-state index is 12.1. The predicted octanol–water partition coefficient (Wildman–Crippen LogP) is 1.12. The zero-order valence-electron chi connectivity index (χ0n) is 11.5. The highest BCUT2D eigenvalue weighted by molar-refractivity contribution is 5.99. The van der Waals surface area contributed by atoms with E-state index in [1.165, 1.54) is 7.11 Å². The molecule has 0 spiro atoms. The monoisotopic (exact) mass is 282 g/mol. The van der Waals surface area contributed by atoms with Crippen LogP contribution in [0.1, 0.15) is 30.1 Å². The summed E-state index contributed by atoms with van der Waals surface area (Å²) in [5.74, 6) is -0.532. The molecule has 20 heavy (non-hydrogen) atoms. The number of nitrogens with one attached hydrogen (secondary N) is 1. The Hall–Kier alpha value is -2.22. The Balaban J connectivity index is 2.90. The van der Waals surface area contributed by atoms with Gasteiger partial charge in [0.15, 0.2) is 0 Å². The number of amides is 1. The van der Waals surface area contributed by atoms with Gasteiger partial charge < -0.3 is 15.8 Å². The molecular weight excluding hydrogens is 264 g/mol. The maximum atomic E-state index is 12.1. The second-order valence-electron chi connectivity index (χ2n) is 4.30. The van der Waals surface area contributed by atoms with E-state index in [0.717, 1.165) is 25.1 Å². The van der Waals surface area contributed by atoms with Gasteiger partial charge in [0.05, 0.1) is 23.1 Å². The number of aromatic nitrogens is 1. The van der Waals surface area contributed by atoms with E-state index in [-0.39, 0.29) is 23.1 Å². The number of carbonyl (C=O) groups is 1. The molecule has 0 radical (unpaired) electrons. The minimum Gasteiger partial charge on any atom is -0.383 e. The summed E-state index contributed by atoms with van der Waals surface area (Å²) in [4.78, 5) is 25.8. The molecule has 1 heterocycles. The lowest BCUT2D eigenvalue weighted by Crippen LogP contribution is -2.38. The van der Waals surface area contributed by atoms with Crippen molar-refractivity contribution in [3.63, 3.8) is 0 Å². The lowest BCUT2D eigenvalue weighted by atomic mass is 10.1. The zero-order chi connectivity index (χ0) is 15.1. The van der Waals surface area contributed by atoms with Gasteiger partial charge in [-0.05, 0) is 6.42 Å². The van der Waals surface area contributed by atoms with Crippen molar-refractivity contribution in [1.29, 1.82) is 0 Å². The topological polar surface area (TPSA) is 120 Å². The van der Waals surface area contributed by atoms with Crippen LogP contribution in [0.15, 0.2) is 12.3 Å². The average Bonchev–Trinajstić information content (AvgIpc) is 2.39. The van der Waals surface area contributed by atoms with E-state index < -0.39 is 10.8 Å². The van der Waals surface area contributed by atoms with Crippen molar-refractivity contribution in [2.75, 3.05) is 19.5 Å². The lowest BCUT2D eigenvalue weighted by Gasteiger charge is -2.17. The fraction of sp³-hybridized carbons (Fsp3) is 0.500. The van der Waals surface area contributed by atoms with E-state index in [1.54, 1.807) is 0 Å². The van der Waals surface area contributed by atoms with Crippen molar-refractivity contribution in [3.05, 3.63) is 27.9 Å². The first-order valence-electron chi connectivity index (χ1n) is 6.19. The van der Waals surface area contributed by atoms with Gasteiger partial charge in [-0.1, -0.05) is 13.3 Å². The number of hydrogen-bond donors (Lipinski definition) is 2. The van der Waals surface area contributed by atoms with Crippen molar-refractivity contribution in [2.45, 2.75) is 25.8 Å². The molecule has 8 heteroatoms. The van der Waals surface area contributed by atoms with Gasteiger partial charge in [0.2, 0.25) is 0 Å². The molecule has 110 valence electrons. The molecule has 1 unspecified atom stereocenters. The van der Waals surface area contributed by atoms with Gasteiger partial charge in [0.1, 0.15) is 12.0 Å². The molecule has 8 nitrogen and oxygen atoms in total. The second-order valence-corrected chi connectivity index (χ2v) is 4.30. The van der Waals surface area contributed by atoms with Crippen molar-refractivity contribution in [3.8, 4) is 0 Å². The van der Waals surface area contributed by atoms with Crippen LogP contribution >= 0.6 is 0 Å². The Morgan fingerprint density at radius 1 is 1.65 bits per heavy atom. The third-order valence-corrected chi connectivity index (χ3v) is 2.70. The smallest absolute Gasteiger partial charge is 0.288 e. The highest BCUT2D eigenvalue weighted by Gasteiger charge is 2.19. The van der Waals surface area contributed by atoms with E-state index in [9.17, 15) is 14.9 Å². The minimum absolute atomic E-state index is 0.00333. The SMILES string of the molecule is CCCC(COC)NC(=O)c1cc([N+](=O)[O-])cnc1N. The molecule has 1 amide bonds. The number of nitrogen functional groups attached to an aromatic ring is 1. The Kier molecular flexibility index (Phi) is 5.85. The third kappa shape index (κ3) is 4.16. The van der Waals surface area contributed by atoms with Crippen molar-refractivity contribution < 1.29 is 14.5 Å². The number of hydrogen-bond acceptors (Lipinski definition) is 6. The summed E-state index contributed by atoms with van der Waals surface area (Å²) in [7, 11) is 1.54. The highest BCUT2D eigenvalue weighted by atomic mass is 16.6.